The van der Waals surface area contributed by atoms with Gasteiger partial charge in [-0.05, 0) is 41.8 Å². The lowest BCUT2D eigenvalue weighted by Crippen LogP contribution is -2.54. The number of rotatable bonds is 2. The van der Waals surface area contributed by atoms with Gasteiger partial charge in [0.15, 0.2) is 0 Å². The molecule has 2 fully saturated rings. The Hall–Kier alpha value is -0.380. The molecule has 2 aliphatic heterocycles. The molecule has 0 amide bonds. The van der Waals surface area contributed by atoms with Gasteiger partial charge in [-0.2, -0.15) is 11.3 Å². The predicted octanol–water partition coefficient (Wildman–Crippen LogP) is 2.42. The minimum Gasteiger partial charge on any atom is -0.298 e. The first-order valence-corrected chi connectivity index (χ1v) is 7.33. The maximum Gasteiger partial charge on any atom is 0.0243 e. The topological polar surface area (TPSA) is 6.48 Å². The van der Waals surface area contributed by atoms with E-state index in [9.17, 15) is 0 Å². The summed E-state index contributed by atoms with van der Waals surface area (Å²) in [7, 11) is 0. The Morgan fingerprint density at radius 3 is 3.12 bits per heavy atom. The van der Waals surface area contributed by atoms with Gasteiger partial charge in [0, 0.05) is 32.2 Å². The number of hydrogen-bond donors (Lipinski definition) is 0. The van der Waals surface area contributed by atoms with Crippen molar-refractivity contribution in [2.45, 2.75) is 31.8 Å². The first-order valence-electron chi connectivity index (χ1n) is 6.39. The normalized spacial score (nSPS) is 27.9. The van der Waals surface area contributed by atoms with Crippen molar-refractivity contribution in [1.29, 1.82) is 0 Å². The maximum atomic E-state index is 2.70. The number of piperazine rings is 1. The second-order valence-corrected chi connectivity index (χ2v) is 5.83. The first-order chi connectivity index (χ1) is 7.92. The third-order valence-corrected chi connectivity index (χ3v) is 4.64. The molecule has 0 aromatic carbocycles. The van der Waals surface area contributed by atoms with Gasteiger partial charge in [-0.15, -0.1) is 0 Å². The van der Waals surface area contributed by atoms with Crippen LogP contribution in [0.25, 0.3) is 0 Å². The Balaban J connectivity index is 1.58. The van der Waals surface area contributed by atoms with E-state index in [1.807, 2.05) is 11.3 Å². The number of hydrogen-bond acceptors (Lipinski definition) is 3. The first kappa shape index (κ1) is 10.8. The van der Waals surface area contributed by atoms with Gasteiger partial charge in [0.2, 0.25) is 0 Å². The van der Waals surface area contributed by atoms with Crippen molar-refractivity contribution >= 4 is 11.3 Å². The summed E-state index contributed by atoms with van der Waals surface area (Å²) in [6.45, 7) is 6.34. The van der Waals surface area contributed by atoms with Crippen LogP contribution in [0.2, 0.25) is 0 Å². The summed E-state index contributed by atoms with van der Waals surface area (Å²) in [6.07, 6.45) is 4.27. The van der Waals surface area contributed by atoms with E-state index in [4.69, 9.17) is 0 Å². The number of piperidine rings is 1. The highest BCUT2D eigenvalue weighted by molar-refractivity contribution is 7.07. The lowest BCUT2D eigenvalue weighted by Gasteiger charge is -2.44. The molecule has 0 spiro atoms. The van der Waals surface area contributed by atoms with Crippen molar-refractivity contribution in [3.63, 3.8) is 0 Å². The molecule has 0 N–H and O–H groups in total. The number of fused-ring (bicyclic) bond motifs is 1. The zero-order chi connectivity index (χ0) is 10.8. The molecule has 2 nitrogen and oxygen atoms in total. The Labute approximate surface area is 102 Å². The molecule has 16 heavy (non-hydrogen) atoms. The van der Waals surface area contributed by atoms with Crippen LogP contribution in [0.1, 0.15) is 24.8 Å². The predicted molar refractivity (Wildman–Crippen MR) is 68.8 cm³/mol. The van der Waals surface area contributed by atoms with E-state index >= 15 is 0 Å². The molecule has 0 radical (unpaired) electrons. The van der Waals surface area contributed by atoms with Crippen molar-refractivity contribution < 1.29 is 0 Å². The van der Waals surface area contributed by atoms with Crippen LogP contribution in [-0.2, 0) is 6.54 Å². The van der Waals surface area contributed by atoms with Gasteiger partial charge in [-0.3, -0.25) is 9.80 Å². The van der Waals surface area contributed by atoms with Gasteiger partial charge in [-0.1, -0.05) is 6.42 Å². The van der Waals surface area contributed by atoms with Crippen LogP contribution < -0.4 is 0 Å². The molecule has 0 bridgehead atoms. The molecule has 1 unspecified atom stereocenters. The third-order valence-electron chi connectivity index (χ3n) is 3.91. The molecular weight excluding hydrogens is 216 g/mol. The van der Waals surface area contributed by atoms with Crippen molar-refractivity contribution in [2.24, 2.45) is 0 Å². The highest BCUT2D eigenvalue weighted by Gasteiger charge is 2.28. The van der Waals surface area contributed by atoms with Gasteiger partial charge in [0.1, 0.15) is 0 Å². The molecule has 2 aliphatic rings. The average Bonchev–Trinajstić information content (AvgIpc) is 2.82. The largest absolute Gasteiger partial charge is 0.298 e. The summed E-state index contributed by atoms with van der Waals surface area (Å²) in [5.41, 5.74) is 1.49. The van der Waals surface area contributed by atoms with Crippen molar-refractivity contribution in [3.05, 3.63) is 22.4 Å². The number of thiophene rings is 1. The molecule has 1 aromatic rings. The highest BCUT2D eigenvalue weighted by atomic mass is 32.1. The fraction of sp³-hybridized carbons (Fsp3) is 0.692. The lowest BCUT2D eigenvalue weighted by molar-refractivity contribution is 0.0457. The van der Waals surface area contributed by atoms with Gasteiger partial charge >= 0.3 is 0 Å². The average molecular weight is 236 g/mol. The van der Waals surface area contributed by atoms with Crippen molar-refractivity contribution in [3.8, 4) is 0 Å². The van der Waals surface area contributed by atoms with E-state index < -0.39 is 0 Å². The van der Waals surface area contributed by atoms with Crippen LogP contribution in [0, 0.1) is 0 Å². The molecular formula is C13H20N2S. The van der Waals surface area contributed by atoms with Crippen LogP contribution >= 0.6 is 11.3 Å². The smallest absolute Gasteiger partial charge is 0.0243 e. The Morgan fingerprint density at radius 2 is 2.25 bits per heavy atom. The minimum atomic E-state index is 0.848. The summed E-state index contributed by atoms with van der Waals surface area (Å²) in [6, 6.07) is 3.11. The summed E-state index contributed by atoms with van der Waals surface area (Å²) < 4.78 is 0. The fourth-order valence-corrected chi connectivity index (χ4v) is 3.66. The molecule has 88 valence electrons. The summed E-state index contributed by atoms with van der Waals surface area (Å²) in [4.78, 5) is 5.34. The van der Waals surface area contributed by atoms with E-state index in [0.717, 1.165) is 12.6 Å². The Kier molecular flexibility index (Phi) is 3.27. The fourth-order valence-electron chi connectivity index (χ4n) is 3.00. The van der Waals surface area contributed by atoms with Crippen LogP contribution in [0.4, 0.5) is 0 Å². The highest BCUT2D eigenvalue weighted by Crippen LogP contribution is 2.22. The SMILES string of the molecule is c1cc(CN2CCN3CCCCC3C2)cs1. The van der Waals surface area contributed by atoms with E-state index in [1.165, 1.54) is 51.0 Å². The van der Waals surface area contributed by atoms with Crippen LogP contribution in [-0.4, -0.2) is 42.0 Å². The minimum absolute atomic E-state index is 0.848. The molecule has 1 aromatic heterocycles. The van der Waals surface area contributed by atoms with Crippen LogP contribution in [0.15, 0.2) is 16.8 Å². The zero-order valence-electron chi connectivity index (χ0n) is 9.77. The second kappa shape index (κ2) is 4.86. The summed E-state index contributed by atoms with van der Waals surface area (Å²) in [5, 5.41) is 4.47. The van der Waals surface area contributed by atoms with E-state index in [2.05, 4.69) is 26.6 Å². The van der Waals surface area contributed by atoms with Gasteiger partial charge in [0.25, 0.3) is 0 Å². The van der Waals surface area contributed by atoms with E-state index in [-0.39, 0.29) is 0 Å². The molecule has 3 rings (SSSR count). The lowest BCUT2D eigenvalue weighted by atomic mass is 9.99. The summed E-state index contributed by atoms with van der Waals surface area (Å²) >= 11 is 1.81. The van der Waals surface area contributed by atoms with E-state index in [1.54, 1.807) is 0 Å². The van der Waals surface area contributed by atoms with Gasteiger partial charge < -0.3 is 0 Å². The molecule has 2 saturated heterocycles. The number of nitrogens with zero attached hydrogens (tertiary/aromatic N) is 2. The summed E-state index contributed by atoms with van der Waals surface area (Å²) in [5.74, 6) is 0. The van der Waals surface area contributed by atoms with E-state index in [0.29, 0.717) is 0 Å². The molecule has 3 heterocycles. The quantitative estimate of drug-likeness (QED) is 0.778. The van der Waals surface area contributed by atoms with Gasteiger partial charge in [-0.25, -0.2) is 0 Å². The second-order valence-electron chi connectivity index (χ2n) is 5.05. The molecule has 1 atom stereocenters. The standard InChI is InChI=1S/C13H20N2S/c1-2-5-15-7-6-14(10-13(15)3-1)9-12-4-8-16-11-12/h4,8,11,13H,1-3,5-7,9-10H2. The Morgan fingerprint density at radius 1 is 1.25 bits per heavy atom. The third kappa shape index (κ3) is 2.31. The van der Waals surface area contributed by atoms with Crippen LogP contribution in [0.5, 0.6) is 0 Å². The zero-order valence-corrected chi connectivity index (χ0v) is 10.6. The molecule has 3 heteroatoms. The van der Waals surface area contributed by atoms with Gasteiger partial charge in [0.05, 0.1) is 0 Å². The van der Waals surface area contributed by atoms with Crippen LogP contribution in [0.3, 0.4) is 0 Å². The monoisotopic (exact) mass is 236 g/mol. The maximum absolute atomic E-state index is 2.70. The van der Waals surface area contributed by atoms with Crippen molar-refractivity contribution in [2.75, 3.05) is 26.2 Å². The molecule has 0 saturated carbocycles. The van der Waals surface area contributed by atoms with Crippen molar-refractivity contribution in [1.82, 2.24) is 9.80 Å². The Bertz CT molecular complexity index is 323. The molecule has 0 aliphatic carbocycles.